The van der Waals surface area contributed by atoms with Gasteiger partial charge in [0.25, 0.3) is 0 Å². The topological polar surface area (TPSA) is 143 Å². The maximum atomic E-state index is 14.2. The Hall–Kier alpha value is -3.28. The fourth-order valence-corrected chi connectivity index (χ4v) is 7.06. The van der Waals surface area contributed by atoms with Crippen molar-refractivity contribution in [1.29, 1.82) is 0 Å². The highest BCUT2D eigenvalue weighted by atomic mass is 16.3. The molecule has 3 rings (SSSR count). The normalized spacial score (nSPS) is 21.7. The van der Waals surface area contributed by atoms with Crippen LogP contribution in [0.5, 0.6) is 0 Å². The lowest BCUT2D eigenvalue weighted by molar-refractivity contribution is -0.142. The molecule has 6 atom stereocenters. The van der Waals surface area contributed by atoms with E-state index >= 15 is 0 Å². The molecule has 4 amide bonds. The van der Waals surface area contributed by atoms with E-state index in [1.165, 1.54) is 4.90 Å². The Kier molecular flexibility index (Phi) is 14.4. The minimum atomic E-state index is -1.11. The molecule has 2 fully saturated rings. The lowest BCUT2D eigenvalue weighted by Crippen LogP contribution is -2.60. The highest BCUT2D eigenvalue weighted by Crippen LogP contribution is 2.27. The van der Waals surface area contributed by atoms with E-state index in [0.717, 1.165) is 25.8 Å². The van der Waals surface area contributed by atoms with Crippen LogP contribution in [-0.4, -0.2) is 112 Å². The number of piperidine rings is 1. The zero-order valence-electron chi connectivity index (χ0n) is 31.1. The molecular formula is C38H61N5O6. The lowest BCUT2D eigenvalue weighted by Gasteiger charge is -2.41. The summed E-state index contributed by atoms with van der Waals surface area (Å²) in [4.78, 5) is 60.5. The zero-order valence-corrected chi connectivity index (χ0v) is 31.1. The Bertz CT molecular complexity index is 1310. The number of rotatable bonds is 13. The Labute approximate surface area is 293 Å². The van der Waals surface area contributed by atoms with Crippen molar-refractivity contribution in [2.24, 2.45) is 11.3 Å². The van der Waals surface area contributed by atoms with Gasteiger partial charge in [-0.05, 0) is 69.9 Å². The van der Waals surface area contributed by atoms with E-state index < -0.39 is 48.2 Å². The van der Waals surface area contributed by atoms with E-state index in [1.54, 1.807) is 49.2 Å². The third-order valence-corrected chi connectivity index (χ3v) is 10.0. The average molecular weight is 684 g/mol. The number of hydrogen-bond donors (Lipinski definition) is 4. The second kappa shape index (κ2) is 17.6. The predicted molar refractivity (Wildman–Crippen MR) is 191 cm³/mol. The SMILES string of the molecule is C/C(=C\[C@H](C(C)C)N(C)C(=O)C(NC(=O)[C@H]1CCCCN1C(C)C)C(C)(C)C)C(=O)N1CCC[C@H]1C(=O)N[C@H](CO)[C@@H](O)c1ccccc1. The number of nitrogens with zero attached hydrogens (tertiary/aromatic N) is 3. The Morgan fingerprint density at radius 2 is 1.55 bits per heavy atom. The summed E-state index contributed by atoms with van der Waals surface area (Å²) < 4.78 is 0. The summed E-state index contributed by atoms with van der Waals surface area (Å²) in [5.74, 6) is -1.15. The summed E-state index contributed by atoms with van der Waals surface area (Å²) in [6.07, 6.45) is 4.55. The van der Waals surface area contributed by atoms with Gasteiger partial charge in [0.15, 0.2) is 0 Å². The van der Waals surface area contributed by atoms with Crippen LogP contribution < -0.4 is 10.6 Å². The van der Waals surface area contributed by atoms with Gasteiger partial charge >= 0.3 is 0 Å². The first kappa shape index (κ1) is 40.2. The van der Waals surface area contributed by atoms with Crippen LogP contribution >= 0.6 is 0 Å². The number of nitrogens with one attached hydrogen (secondary N) is 2. The molecule has 0 aromatic heterocycles. The summed E-state index contributed by atoms with van der Waals surface area (Å²) in [6, 6.07) is 5.83. The number of aliphatic hydroxyl groups excluding tert-OH is 2. The van der Waals surface area contributed by atoms with Crippen LogP contribution in [0, 0.1) is 11.3 Å². The van der Waals surface area contributed by atoms with Gasteiger partial charge in [0.05, 0.1) is 24.7 Å². The van der Waals surface area contributed by atoms with Gasteiger partial charge in [-0.25, -0.2) is 0 Å². The molecule has 0 saturated carbocycles. The maximum absolute atomic E-state index is 14.2. The van der Waals surface area contributed by atoms with Gasteiger partial charge in [0.1, 0.15) is 18.2 Å². The van der Waals surface area contributed by atoms with Gasteiger partial charge in [-0.2, -0.15) is 0 Å². The molecule has 2 aliphatic rings. The molecule has 49 heavy (non-hydrogen) atoms. The summed E-state index contributed by atoms with van der Waals surface area (Å²) in [5.41, 5.74) is 0.413. The fraction of sp³-hybridized carbons (Fsp3) is 0.684. The molecule has 2 aliphatic heterocycles. The molecule has 2 saturated heterocycles. The summed E-state index contributed by atoms with van der Waals surface area (Å²) in [6.45, 7) is 16.5. The number of likely N-dealkylation sites (tertiary alicyclic amines) is 2. The molecule has 4 N–H and O–H groups in total. The largest absolute Gasteiger partial charge is 0.394 e. The standard InChI is InChI=1S/C38H61N5O6/c1-24(2)31(41(9)37(49)33(38(6,7)8)40-35(47)29-18-13-14-20-42(29)25(3)4)22-26(5)36(48)43-21-15-19-30(43)34(46)39-28(23-44)32(45)27-16-11-10-12-17-27/h10-12,16-17,22,24-25,28-33,44-45H,13-15,18-21,23H2,1-9H3,(H,39,46)(H,40,47)/b26-22+/t28-,29-,30+,31-,32+,33?/m1/s1. The first-order valence-electron chi connectivity index (χ1n) is 18.0. The molecule has 1 aromatic carbocycles. The quantitative estimate of drug-likeness (QED) is 0.234. The molecule has 0 radical (unpaired) electrons. The molecule has 1 unspecified atom stereocenters. The first-order valence-corrected chi connectivity index (χ1v) is 18.0. The Morgan fingerprint density at radius 1 is 0.939 bits per heavy atom. The third kappa shape index (κ3) is 10.1. The van der Waals surface area contributed by atoms with E-state index in [0.29, 0.717) is 30.5 Å². The van der Waals surface area contributed by atoms with Gasteiger partial charge in [0, 0.05) is 25.2 Å². The second-order valence-corrected chi connectivity index (χ2v) is 15.5. The van der Waals surface area contributed by atoms with Gasteiger partial charge in [-0.3, -0.25) is 24.1 Å². The van der Waals surface area contributed by atoms with E-state index in [-0.39, 0.29) is 35.7 Å². The van der Waals surface area contributed by atoms with Crippen molar-refractivity contribution >= 4 is 23.6 Å². The van der Waals surface area contributed by atoms with Crippen LogP contribution in [0.2, 0.25) is 0 Å². The summed E-state index contributed by atoms with van der Waals surface area (Å²) in [5, 5.41) is 26.6. The molecule has 11 heteroatoms. The highest BCUT2D eigenvalue weighted by molar-refractivity contribution is 5.97. The van der Waals surface area contributed by atoms with E-state index in [4.69, 9.17) is 0 Å². The fourth-order valence-electron chi connectivity index (χ4n) is 7.06. The number of likely N-dealkylation sites (N-methyl/N-ethyl adjacent to an activating group) is 1. The molecule has 1 aromatic rings. The lowest BCUT2D eigenvalue weighted by atomic mass is 9.84. The molecule has 0 bridgehead atoms. The van der Waals surface area contributed by atoms with Crippen molar-refractivity contribution in [3.63, 3.8) is 0 Å². The van der Waals surface area contributed by atoms with Crippen molar-refractivity contribution < 1.29 is 29.4 Å². The highest BCUT2D eigenvalue weighted by Gasteiger charge is 2.41. The Balaban J connectivity index is 1.76. The van der Waals surface area contributed by atoms with Crippen LogP contribution in [-0.2, 0) is 19.2 Å². The van der Waals surface area contributed by atoms with Crippen molar-refractivity contribution in [3.8, 4) is 0 Å². The van der Waals surface area contributed by atoms with Crippen LogP contribution in [0.15, 0.2) is 42.0 Å². The van der Waals surface area contributed by atoms with Crippen LogP contribution in [0.3, 0.4) is 0 Å². The number of amides is 4. The smallest absolute Gasteiger partial charge is 0.249 e. The second-order valence-electron chi connectivity index (χ2n) is 15.5. The molecular weight excluding hydrogens is 622 g/mol. The minimum absolute atomic E-state index is 0.0507. The van der Waals surface area contributed by atoms with Gasteiger partial charge in [-0.15, -0.1) is 0 Å². The van der Waals surface area contributed by atoms with Crippen LogP contribution in [0.4, 0.5) is 0 Å². The number of carbonyl (C=O) groups is 4. The van der Waals surface area contributed by atoms with Crippen molar-refractivity contribution in [2.45, 2.75) is 130 Å². The molecule has 11 nitrogen and oxygen atoms in total. The van der Waals surface area contributed by atoms with E-state index in [9.17, 15) is 29.4 Å². The summed E-state index contributed by atoms with van der Waals surface area (Å²) in [7, 11) is 1.71. The van der Waals surface area contributed by atoms with Crippen molar-refractivity contribution in [1.82, 2.24) is 25.3 Å². The van der Waals surface area contributed by atoms with Crippen molar-refractivity contribution in [2.75, 3.05) is 26.7 Å². The molecule has 274 valence electrons. The zero-order chi connectivity index (χ0) is 36.6. The maximum Gasteiger partial charge on any atom is 0.249 e. The average Bonchev–Trinajstić information content (AvgIpc) is 3.57. The van der Waals surface area contributed by atoms with Crippen LogP contribution in [0.1, 0.15) is 99.2 Å². The molecule has 2 heterocycles. The van der Waals surface area contributed by atoms with E-state index in [1.807, 2.05) is 40.7 Å². The molecule has 0 spiro atoms. The number of carbonyl (C=O) groups excluding carboxylic acids is 4. The third-order valence-electron chi connectivity index (χ3n) is 10.0. The van der Waals surface area contributed by atoms with E-state index in [2.05, 4.69) is 29.4 Å². The first-order chi connectivity index (χ1) is 23.0. The van der Waals surface area contributed by atoms with Crippen LogP contribution in [0.25, 0.3) is 0 Å². The van der Waals surface area contributed by atoms with Gasteiger partial charge in [-0.1, -0.05) is 77.4 Å². The number of aliphatic hydroxyl groups is 2. The molecule has 0 aliphatic carbocycles. The Morgan fingerprint density at radius 3 is 2.12 bits per heavy atom. The monoisotopic (exact) mass is 683 g/mol. The number of benzene rings is 1. The predicted octanol–water partition coefficient (Wildman–Crippen LogP) is 3.41. The minimum Gasteiger partial charge on any atom is -0.394 e. The number of hydrogen-bond acceptors (Lipinski definition) is 7. The van der Waals surface area contributed by atoms with Gasteiger partial charge < -0.3 is 30.6 Å². The van der Waals surface area contributed by atoms with Crippen molar-refractivity contribution in [3.05, 3.63) is 47.5 Å². The summed E-state index contributed by atoms with van der Waals surface area (Å²) >= 11 is 0. The van der Waals surface area contributed by atoms with Gasteiger partial charge in [0.2, 0.25) is 23.6 Å².